The van der Waals surface area contributed by atoms with Gasteiger partial charge in [0.1, 0.15) is 12.4 Å². The molecule has 4 aromatic rings. The Balaban J connectivity index is 1.36. The van der Waals surface area contributed by atoms with E-state index in [4.69, 9.17) is 5.10 Å². The van der Waals surface area contributed by atoms with Crippen molar-refractivity contribution in [1.82, 2.24) is 34.7 Å². The predicted octanol–water partition coefficient (Wildman–Crippen LogP) is 3.15. The van der Waals surface area contributed by atoms with Gasteiger partial charge in [-0.2, -0.15) is 10.2 Å². The molecule has 0 radical (unpaired) electrons. The van der Waals surface area contributed by atoms with Crippen LogP contribution in [0.2, 0.25) is 0 Å². The molecular formula is C28H30FN11O3. The number of halogens is 1. The maximum absolute atomic E-state index is 15.6. The molecule has 14 nitrogen and oxygen atoms in total. The van der Waals surface area contributed by atoms with Crippen molar-refractivity contribution in [2.24, 2.45) is 27.7 Å². The van der Waals surface area contributed by atoms with Gasteiger partial charge < -0.3 is 15.1 Å². The number of piperidine rings is 1. The quantitative estimate of drug-likeness (QED) is 0.352. The third kappa shape index (κ3) is 5.45. The molecule has 43 heavy (non-hydrogen) atoms. The highest BCUT2D eigenvalue weighted by Crippen LogP contribution is 2.39. The van der Waals surface area contributed by atoms with Crippen LogP contribution in [0.5, 0.6) is 0 Å². The lowest BCUT2D eigenvalue weighted by molar-refractivity contribution is -0.135. The van der Waals surface area contributed by atoms with E-state index < -0.39 is 12.2 Å². The number of likely N-dealkylation sites (tertiary alicyclic amines) is 1. The number of rotatable bonds is 7. The molecule has 3 amide bonds. The van der Waals surface area contributed by atoms with Gasteiger partial charge >= 0.3 is 0 Å². The van der Waals surface area contributed by atoms with Gasteiger partial charge in [0, 0.05) is 56.4 Å². The van der Waals surface area contributed by atoms with Crippen molar-refractivity contribution >= 4 is 39.5 Å². The average molecular weight is 588 g/mol. The van der Waals surface area contributed by atoms with Crippen LogP contribution >= 0.6 is 0 Å². The molecule has 0 atom stereocenters. The molecule has 2 aromatic heterocycles. The van der Waals surface area contributed by atoms with Crippen LogP contribution in [-0.2, 0) is 28.0 Å². The molecule has 222 valence electrons. The lowest BCUT2D eigenvalue weighted by Gasteiger charge is -2.30. The Hall–Kier alpha value is -5.08. The van der Waals surface area contributed by atoms with Crippen LogP contribution in [0.4, 0.5) is 4.39 Å². The van der Waals surface area contributed by atoms with Gasteiger partial charge in [0.05, 0.1) is 29.5 Å². The van der Waals surface area contributed by atoms with Gasteiger partial charge in [0.25, 0.3) is 6.29 Å². The number of fused-ring (bicyclic) bond motifs is 2. The van der Waals surface area contributed by atoms with Gasteiger partial charge in [-0.1, -0.05) is 12.1 Å². The maximum atomic E-state index is 15.6. The van der Waals surface area contributed by atoms with Gasteiger partial charge in [0.15, 0.2) is 0 Å². The molecule has 1 N–H and O–H groups in total. The van der Waals surface area contributed by atoms with Crippen LogP contribution in [0.3, 0.4) is 0 Å². The molecule has 0 saturated carbocycles. The Labute approximate surface area is 245 Å². The first-order valence-electron chi connectivity index (χ1n) is 13.9. The second-order valence-electron chi connectivity index (χ2n) is 10.8. The molecule has 0 spiro atoms. The van der Waals surface area contributed by atoms with Gasteiger partial charge in [-0.3, -0.25) is 23.7 Å². The number of carbonyl (C=O) groups excluding carboxylic acids is 3. The molecule has 0 bridgehead atoms. The number of amides is 3. The summed E-state index contributed by atoms with van der Waals surface area (Å²) < 4.78 is 18.9. The predicted molar refractivity (Wildman–Crippen MR) is 153 cm³/mol. The number of aryl methyl sites for hydroxylation is 1. The standard InChI is InChI=1S/C28H30FN11O3/c1-16(41)39-9-7-17(8-10-39)27-26-19(20-12-23-18(11-21(20)29)13-30-38(23)3)5-4-6-22(26)40(34-27)15-25(43)37(2)14-24(42)31-28-32-35-36-33-28/h4-6,11-13,17,28H,7-10,14-15H2,1-3H3,(H,31,42). The zero-order valence-corrected chi connectivity index (χ0v) is 23.9. The second kappa shape index (κ2) is 11.3. The van der Waals surface area contributed by atoms with Gasteiger partial charge in [-0.25, -0.2) is 4.39 Å². The van der Waals surface area contributed by atoms with Crippen molar-refractivity contribution < 1.29 is 18.8 Å². The van der Waals surface area contributed by atoms with Crippen LogP contribution in [0.15, 0.2) is 57.2 Å². The summed E-state index contributed by atoms with van der Waals surface area (Å²) >= 11 is 0. The van der Waals surface area contributed by atoms with E-state index in [0.29, 0.717) is 48.0 Å². The average Bonchev–Trinajstić information content (AvgIpc) is 3.72. The highest BCUT2D eigenvalue weighted by atomic mass is 19.1. The summed E-state index contributed by atoms with van der Waals surface area (Å²) in [4.78, 5) is 40.7. The minimum absolute atomic E-state index is 0.00246. The van der Waals surface area contributed by atoms with Crippen LogP contribution in [0.25, 0.3) is 32.9 Å². The number of nitrogens with one attached hydrogen (secondary N) is 1. The van der Waals surface area contributed by atoms with Gasteiger partial charge in [-0.05, 0) is 47.1 Å². The number of hydrogen-bond donors (Lipinski definition) is 1. The third-order valence-electron chi connectivity index (χ3n) is 8.00. The molecule has 4 heterocycles. The number of hydrogen-bond acceptors (Lipinski definition) is 9. The molecule has 0 unspecified atom stereocenters. The minimum Gasteiger partial charge on any atom is -0.343 e. The SMILES string of the molecule is CC(=O)N1CCC(c2nn(CC(=O)N(C)CC(=O)NC3N=NN=N3)c3cccc(-c4cc5c(cnn5C)cc4F)c23)CC1. The van der Waals surface area contributed by atoms with Crippen molar-refractivity contribution in [3.8, 4) is 11.1 Å². The van der Waals surface area contributed by atoms with Crippen LogP contribution in [0, 0.1) is 5.82 Å². The zero-order chi connectivity index (χ0) is 30.2. The molecule has 2 aliphatic rings. The Morgan fingerprint density at radius 1 is 1.07 bits per heavy atom. The Morgan fingerprint density at radius 3 is 2.53 bits per heavy atom. The highest BCUT2D eigenvalue weighted by Gasteiger charge is 2.29. The van der Waals surface area contributed by atoms with E-state index in [-0.39, 0.29) is 36.6 Å². The summed E-state index contributed by atoms with van der Waals surface area (Å²) in [7, 11) is 3.33. The fraction of sp³-hybridized carbons (Fsp3) is 0.393. The zero-order valence-electron chi connectivity index (χ0n) is 23.9. The van der Waals surface area contributed by atoms with Crippen molar-refractivity contribution in [3.05, 3.63) is 48.0 Å². The van der Waals surface area contributed by atoms with Gasteiger partial charge in [0.2, 0.25) is 17.7 Å². The Morgan fingerprint density at radius 2 is 1.81 bits per heavy atom. The van der Waals surface area contributed by atoms with E-state index in [1.165, 1.54) is 18.0 Å². The van der Waals surface area contributed by atoms with E-state index in [1.54, 1.807) is 35.6 Å². The third-order valence-corrected chi connectivity index (χ3v) is 8.00. The molecule has 0 aliphatic carbocycles. The number of likely N-dealkylation sites (N-methyl/N-ethyl adjacent to an activating group) is 1. The number of aromatic nitrogens is 4. The van der Waals surface area contributed by atoms with E-state index in [1.807, 2.05) is 23.1 Å². The van der Waals surface area contributed by atoms with Crippen molar-refractivity contribution in [2.45, 2.75) is 38.5 Å². The van der Waals surface area contributed by atoms with Crippen molar-refractivity contribution in [3.63, 3.8) is 0 Å². The normalized spacial score (nSPS) is 15.6. The number of benzene rings is 2. The number of nitrogens with zero attached hydrogens (tertiary/aromatic N) is 10. The molecule has 6 rings (SSSR count). The summed E-state index contributed by atoms with van der Waals surface area (Å²) in [5.74, 6) is -1.18. The molecule has 2 aromatic carbocycles. The van der Waals surface area contributed by atoms with Crippen molar-refractivity contribution in [2.75, 3.05) is 26.7 Å². The molecular weight excluding hydrogens is 557 g/mol. The molecule has 1 saturated heterocycles. The lowest BCUT2D eigenvalue weighted by atomic mass is 9.89. The summed E-state index contributed by atoms with van der Waals surface area (Å²) in [5.41, 5.74) is 3.28. The Bertz CT molecular complexity index is 1790. The minimum atomic E-state index is -0.896. The Kier molecular flexibility index (Phi) is 7.38. The summed E-state index contributed by atoms with van der Waals surface area (Å²) in [6.45, 7) is 2.37. The topological polar surface area (TPSA) is 155 Å². The molecule has 1 fully saturated rings. The largest absolute Gasteiger partial charge is 0.343 e. The number of carbonyl (C=O) groups is 3. The van der Waals surface area contributed by atoms with E-state index >= 15 is 4.39 Å². The highest BCUT2D eigenvalue weighted by molar-refractivity contribution is 6.00. The first-order valence-corrected chi connectivity index (χ1v) is 13.9. The smallest absolute Gasteiger partial charge is 0.258 e. The maximum Gasteiger partial charge on any atom is 0.258 e. The van der Waals surface area contributed by atoms with Gasteiger partial charge in [-0.15, -0.1) is 10.2 Å². The summed E-state index contributed by atoms with van der Waals surface area (Å²) in [5, 5.41) is 27.1. The van der Waals surface area contributed by atoms with E-state index in [9.17, 15) is 14.4 Å². The van der Waals surface area contributed by atoms with Crippen molar-refractivity contribution in [1.29, 1.82) is 0 Å². The fourth-order valence-electron chi connectivity index (χ4n) is 5.70. The van der Waals surface area contributed by atoms with E-state index in [0.717, 1.165) is 16.6 Å². The monoisotopic (exact) mass is 587 g/mol. The lowest BCUT2D eigenvalue weighted by Crippen LogP contribution is -2.42. The molecule has 15 heteroatoms. The second-order valence-corrected chi connectivity index (χ2v) is 10.8. The summed E-state index contributed by atoms with van der Waals surface area (Å²) in [6.07, 6.45) is 2.10. The van der Waals surface area contributed by atoms with Crippen LogP contribution in [-0.4, -0.2) is 80.1 Å². The first-order chi connectivity index (χ1) is 20.7. The van der Waals surface area contributed by atoms with Crippen LogP contribution < -0.4 is 5.32 Å². The first kappa shape index (κ1) is 28.1. The van der Waals surface area contributed by atoms with Crippen LogP contribution in [0.1, 0.15) is 31.4 Å². The van der Waals surface area contributed by atoms with E-state index in [2.05, 4.69) is 31.1 Å². The fourth-order valence-corrected chi connectivity index (χ4v) is 5.70. The molecule has 2 aliphatic heterocycles. The summed E-state index contributed by atoms with van der Waals surface area (Å²) in [6, 6.07) is 8.80.